The predicted octanol–water partition coefficient (Wildman–Crippen LogP) is 1.73. The Morgan fingerprint density at radius 3 is 2.27 bits per heavy atom. The zero-order valence-corrected chi connectivity index (χ0v) is 11.2. The number of likely N-dealkylation sites (N-methyl/N-ethyl adjacent to an activating group) is 2. The third-order valence-corrected chi connectivity index (χ3v) is 2.84. The van der Waals surface area contributed by atoms with Gasteiger partial charge in [-0.1, -0.05) is 6.92 Å². The first-order valence-corrected chi connectivity index (χ1v) is 6.04. The highest BCUT2D eigenvalue weighted by Gasteiger charge is 2.15. The van der Waals surface area contributed by atoms with Gasteiger partial charge in [0.05, 0.1) is 12.7 Å². The topological polar surface area (TPSA) is 24.5 Å². The van der Waals surface area contributed by atoms with E-state index in [1.165, 1.54) is 0 Å². The minimum Gasteiger partial charge on any atom is -0.377 e. The lowest BCUT2D eigenvalue weighted by Gasteiger charge is -2.30. The summed E-state index contributed by atoms with van der Waals surface area (Å²) in [6, 6.07) is 1.07. The fraction of sp³-hybridized carbons (Fsp3) is 1.00. The van der Waals surface area contributed by atoms with Crippen LogP contribution in [0.5, 0.6) is 0 Å². The molecular weight excluding hydrogens is 188 g/mol. The van der Waals surface area contributed by atoms with Crippen LogP contribution in [0.15, 0.2) is 0 Å². The van der Waals surface area contributed by atoms with E-state index in [4.69, 9.17) is 4.74 Å². The highest BCUT2D eigenvalue weighted by molar-refractivity contribution is 4.75. The maximum Gasteiger partial charge on any atom is 0.0596 e. The summed E-state index contributed by atoms with van der Waals surface area (Å²) in [4.78, 5) is 2.34. The molecule has 0 saturated heterocycles. The smallest absolute Gasteiger partial charge is 0.0596 e. The molecule has 0 amide bonds. The van der Waals surface area contributed by atoms with Crippen LogP contribution in [-0.4, -0.2) is 49.8 Å². The highest BCUT2D eigenvalue weighted by Crippen LogP contribution is 2.01. The Morgan fingerprint density at radius 2 is 1.80 bits per heavy atom. The summed E-state index contributed by atoms with van der Waals surface area (Å²) in [5, 5.41) is 3.44. The maximum absolute atomic E-state index is 5.54. The number of ether oxygens (including phenoxy) is 1. The summed E-state index contributed by atoms with van der Waals surface area (Å²) in [6.45, 7) is 13.6. The molecular formula is C12H28N2O. The number of hydrogen-bond acceptors (Lipinski definition) is 3. The van der Waals surface area contributed by atoms with Crippen molar-refractivity contribution < 1.29 is 4.74 Å². The van der Waals surface area contributed by atoms with Gasteiger partial charge in [-0.3, -0.25) is 4.90 Å². The van der Waals surface area contributed by atoms with Crippen molar-refractivity contribution >= 4 is 0 Å². The molecule has 0 rings (SSSR count). The fourth-order valence-electron chi connectivity index (χ4n) is 1.51. The molecule has 2 unspecified atom stereocenters. The first-order valence-electron chi connectivity index (χ1n) is 6.04. The summed E-state index contributed by atoms with van der Waals surface area (Å²) in [7, 11) is 2.15. The van der Waals surface area contributed by atoms with Gasteiger partial charge in [0.2, 0.25) is 0 Å². The summed E-state index contributed by atoms with van der Waals surface area (Å²) >= 11 is 0. The minimum absolute atomic E-state index is 0.333. The lowest BCUT2D eigenvalue weighted by atomic mass is 10.1. The van der Waals surface area contributed by atoms with Crippen molar-refractivity contribution in [2.24, 2.45) is 0 Å². The average molecular weight is 216 g/mol. The van der Waals surface area contributed by atoms with Crippen LogP contribution in [0.2, 0.25) is 0 Å². The van der Waals surface area contributed by atoms with Crippen LogP contribution in [0, 0.1) is 0 Å². The molecule has 92 valence electrons. The van der Waals surface area contributed by atoms with E-state index in [-0.39, 0.29) is 0 Å². The predicted molar refractivity (Wildman–Crippen MR) is 66.3 cm³/mol. The van der Waals surface area contributed by atoms with Crippen LogP contribution in [0.3, 0.4) is 0 Å². The number of hydrogen-bond donors (Lipinski definition) is 1. The van der Waals surface area contributed by atoms with E-state index in [1.807, 2.05) is 0 Å². The van der Waals surface area contributed by atoms with Crippen molar-refractivity contribution in [3.8, 4) is 0 Å². The molecule has 2 atom stereocenters. The van der Waals surface area contributed by atoms with Crippen LogP contribution >= 0.6 is 0 Å². The maximum atomic E-state index is 5.54. The molecule has 0 saturated carbocycles. The van der Waals surface area contributed by atoms with Crippen LogP contribution in [-0.2, 0) is 4.74 Å². The van der Waals surface area contributed by atoms with E-state index in [0.717, 1.165) is 19.7 Å². The molecule has 1 N–H and O–H groups in total. The zero-order chi connectivity index (χ0) is 11.8. The minimum atomic E-state index is 0.333. The van der Waals surface area contributed by atoms with E-state index in [1.54, 1.807) is 0 Å². The molecule has 0 aliphatic carbocycles. The summed E-state index contributed by atoms with van der Waals surface area (Å²) < 4.78 is 5.54. The molecule has 0 aromatic carbocycles. The molecule has 0 heterocycles. The molecule has 0 radical (unpaired) electrons. The quantitative estimate of drug-likeness (QED) is 0.669. The van der Waals surface area contributed by atoms with Crippen LogP contribution in [0.1, 0.15) is 34.6 Å². The number of nitrogens with one attached hydrogen (secondary N) is 1. The number of rotatable bonds is 8. The van der Waals surface area contributed by atoms with Crippen molar-refractivity contribution in [3.63, 3.8) is 0 Å². The SMILES string of the molecule is CCNC(C)C(C)N(C)CCOC(C)C. The Balaban J connectivity index is 3.72. The molecule has 0 aliphatic heterocycles. The molecule has 15 heavy (non-hydrogen) atoms. The normalized spacial score (nSPS) is 16.0. The molecule has 3 nitrogen and oxygen atoms in total. The molecule has 0 aromatic heterocycles. The van der Waals surface area contributed by atoms with Gasteiger partial charge in [0.1, 0.15) is 0 Å². The van der Waals surface area contributed by atoms with Gasteiger partial charge in [0.15, 0.2) is 0 Å². The summed E-state index contributed by atoms with van der Waals surface area (Å²) in [5.41, 5.74) is 0. The molecule has 0 aliphatic rings. The van der Waals surface area contributed by atoms with Gasteiger partial charge in [0.25, 0.3) is 0 Å². The molecule has 0 aromatic rings. The van der Waals surface area contributed by atoms with Crippen molar-refractivity contribution in [3.05, 3.63) is 0 Å². The van der Waals surface area contributed by atoms with Crippen molar-refractivity contribution in [1.82, 2.24) is 10.2 Å². The van der Waals surface area contributed by atoms with Crippen LogP contribution < -0.4 is 5.32 Å². The van der Waals surface area contributed by atoms with Gasteiger partial charge in [-0.25, -0.2) is 0 Å². The monoisotopic (exact) mass is 216 g/mol. The second-order valence-corrected chi connectivity index (χ2v) is 4.49. The molecule has 3 heteroatoms. The van der Waals surface area contributed by atoms with Gasteiger partial charge in [-0.15, -0.1) is 0 Å². The van der Waals surface area contributed by atoms with E-state index >= 15 is 0 Å². The van der Waals surface area contributed by atoms with E-state index in [2.05, 4.69) is 51.9 Å². The van der Waals surface area contributed by atoms with E-state index in [9.17, 15) is 0 Å². The van der Waals surface area contributed by atoms with Gasteiger partial charge in [0, 0.05) is 18.6 Å². The van der Waals surface area contributed by atoms with Gasteiger partial charge >= 0.3 is 0 Å². The Bertz CT molecular complexity index is 151. The highest BCUT2D eigenvalue weighted by atomic mass is 16.5. The van der Waals surface area contributed by atoms with Crippen LogP contribution in [0.4, 0.5) is 0 Å². The third kappa shape index (κ3) is 6.88. The Morgan fingerprint density at radius 1 is 1.20 bits per heavy atom. The largest absolute Gasteiger partial charge is 0.377 e. The number of nitrogens with zero attached hydrogens (tertiary/aromatic N) is 1. The van der Waals surface area contributed by atoms with Gasteiger partial charge in [-0.2, -0.15) is 0 Å². The second kappa shape index (κ2) is 8.08. The van der Waals surface area contributed by atoms with Gasteiger partial charge in [-0.05, 0) is 41.3 Å². The fourth-order valence-corrected chi connectivity index (χ4v) is 1.51. The lowest BCUT2D eigenvalue weighted by molar-refractivity contribution is 0.0542. The second-order valence-electron chi connectivity index (χ2n) is 4.49. The molecule has 0 bridgehead atoms. The van der Waals surface area contributed by atoms with E-state index < -0.39 is 0 Å². The summed E-state index contributed by atoms with van der Waals surface area (Å²) in [5.74, 6) is 0. The van der Waals surface area contributed by atoms with Crippen molar-refractivity contribution in [1.29, 1.82) is 0 Å². The zero-order valence-electron chi connectivity index (χ0n) is 11.2. The van der Waals surface area contributed by atoms with E-state index in [0.29, 0.717) is 18.2 Å². The van der Waals surface area contributed by atoms with Crippen molar-refractivity contribution in [2.75, 3.05) is 26.7 Å². The lowest BCUT2D eigenvalue weighted by Crippen LogP contribution is -2.46. The Hall–Kier alpha value is -0.120. The molecule has 0 fully saturated rings. The Labute approximate surface area is 95.2 Å². The average Bonchev–Trinajstić information content (AvgIpc) is 2.16. The van der Waals surface area contributed by atoms with Crippen LogP contribution in [0.25, 0.3) is 0 Å². The molecule has 0 spiro atoms. The van der Waals surface area contributed by atoms with Crippen molar-refractivity contribution in [2.45, 2.75) is 52.8 Å². The first kappa shape index (κ1) is 14.9. The van der Waals surface area contributed by atoms with Gasteiger partial charge < -0.3 is 10.1 Å². The standard InChI is InChI=1S/C12H28N2O/c1-7-13-11(4)12(5)14(6)8-9-15-10(2)3/h10-13H,7-9H2,1-6H3. The first-order chi connectivity index (χ1) is 6.99. The third-order valence-electron chi connectivity index (χ3n) is 2.84. The Kier molecular flexibility index (Phi) is 8.02. The summed E-state index contributed by atoms with van der Waals surface area (Å²) in [6.07, 6.45) is 0.333.